The molecule has 2 aromatic carbocycles. The van der Waals surface area contributed by atoms with E-state index in [0.29, 0.717) is 5.95 Å². The van der Waals surface area contributed by atoms with Crippen molar-refractivity contribution in [2.45, 2.75) is 20.8 Å². The highest BCUT2D eigenvalue weighted by Crippen LogP contribution is 2.35. The summed E-state index contributed by atoms with van der Waals surface area (Å²) in [7, 11) is 3.95. The number of nitrogens with zero attached hydrogens (tertiary/aromatic N) is 5. The van der Waals surface area contributed by atoms with E-state index in [2.05, 4.69) is 31.1 Å². The fourth-order valence-corrected chi connectivity index (χ4v) is 3.24. The molecule has 0 N–H and O–H groups in total. The van der Waals surface area contributed by atoms with Gasteiger partial charge in [0.1, 0.15) is 17.3 Å². The molecule has 0 unspecified atom stereocenters. The lowest BCUT2D eigenvalue weighted by atomic mass is 10.1. The van der Waals surface area contributed by atoms with Crippen molar-refractivity contribution in [1.82, 2.24) is 19.7 Å². The van der Waals surface area contributed by atoms with Crippen LogP contribution < -0.4 is 9.64 Å². The maximum absolute atomic E-state index is 6.32. The van der Waals surface area contributed by atoms with Gasteiger partial charge in [-0.05, 0) is 55.7 Å². The molecule has 6 nitrogen and oxygen atoms in total. The summed E-state index contributed by atoms with van der Waals surface area (Å²) in [5.41, 5.74) is 4.09. The molecule has 4 rings (SSSR count). The monoisotopic (exact) mass is 373 g/mol. The van der Waals surface area contributed by atoms with E-state index in [-0.39, 0.29) is 0 Å². The second kappa shape index (κ2) is 6.96. The summed E-state index contributed by atoms with van der Waals surface area (Å²) in [5.74, 6) is 3.07. The van der Waals surface area contributed by atoms with Gasteiger partial charge in [-0.1, -0.05) is 18.2 Å². The molecule has 0 fully saturated rings. The molecule has 0 bridgehead atoms. The van der Waals surface area contributed by atoms with Crippen molar-refractivity contribution in [1.29, 1.82) is 0 Å². The first-order valence-corrected chi connectivity index (χ1v) is 9.18. The van der Waals surface area contributed by atoms with Crippen molar-refractivity contribution in [3.05, 3.63) is 65.5 Å². The number of rotatable bonds is 4. The number of para-hydroxylation sites is 1. The van der Waals surface area contributed by atoms with Crippen LogP contribution in [0.25, 0.3) is 16.9 Å². The van der Waals surface area contributed by atoms with E-state index in [1.165, 1.54) is 0 Å². The van der Waals surface area contributed by atoms with Gasteiger partial charge in [-0.25, -0.2) is 9.67 Å². The summed E-state index contributed by atoms with van der Waals surface area (Å²) in [5, 5.41) is 5.20. The minimum Gasteiger partial charge on any atom is -0.457 e. The Kier molecular flexibility index (Phi) is 4.47. The van der Waals surface area contributed by atoms with Crippen LogP contribution in [0.2, 0.25) is 0 Å². The van der Waals surface area contributed by atoms with Crippen LogP contribution in [0.1, 0.15) is 16.7 Å². The number of anilines is 1. The van der Waals surface area contributed by atoms with Crippen LogP contribution in [0.5, 0.6) is 11.5 Å². The Balaban J connectivity index is 1.88. The third kappa shape index (κ3) is 3.17. The maximum Gasteiger partial charge on any atom is 0.253 e. The van der Waals surface area contributed by atoms with Crippen LogP contribution in [0, 0.1) is 20.8 Å². The summed E-state index contributed by atoms with van der Waals surface area (Å²) in [6, 6.07) is 12.1. The predicted molar refractivity (Wildman–Crippen MR) is 112 cm³/mol. The van der Waals surface area contributed by atoms with Gasteiger partial charge in [0.05, 0.1) is 5.52 Å². The highest BCUT2D eigenvalue weighted by Gasteiger charge is 2.15. The van der Waals surface area contributed by atoms with Gasteiger partial charge in [0.15, 0.2) is 0 Å². The van der Waals surface area contributed by atoms with Crippen molar-refractivity contribution in [2.24, 2.45) is 0 Å². The minimum atomic E-state index is 0.545. The van der Waals surface area contributed by atoms with E-state index in [0.717, 1.165) is 44.9 Å². The Morgan fingerprint density at radius 1 is 0.929 bits per heavy atom. The maximum atomic E-state index is 6.32. The summed E-state index contributed by atoms with van der Waals surface area (Å²) < 4.78 is 7.99. The quantitative estimate of drug-likeness (QED) is 0.523. The van der Waals surface area contributed by atoms with Gasteiger partial charge >= 0.3 is 0 Å². The topological polar surface area (TPSA) is 56.1 Å². The molecular weight excluding hydrogens is 350 g/mol. The zero-order valence-electron chi connectivity index (χ0n) is 16.8. The Labute approximate surface area is 164 Å². The zero-order chi connectivity index (χ0) is 19.8. The summed E-state index contributed by atoms with van der Waals surface area (Å²) in [6.45, 7) is 6.15. The molecule has 0 aliphatic rings. The molecule has 0 saturated carbocycles. The van der Waals surface area contributed by atoms with Gasteiger partial charge in [-0.3, -0.25) is 0 Å². The van der Waals surface area contributed by atoms with E-state index in [1.54, 1.807) is 10.9 Å². The van der Waals surface area contributed by atoms with E-state index in [4.69, 9.17) is 14.7 Å². The first-order valence-electron chi connectivity index (χ1n) is 9.18. The van der Waals surface area contributed by atoms with Crippen LogP contribution in [-0.2, 0) is 0 Å². The average molecular weight is 373 g/mol. The van der Waals surface area contributed by atoms with E-state index in [1.807, 2.05) is 56.4 Å². The van der Waals surface area contributed by atoms with Gasteiger partial charge in [0.25, 0.3) is 5.95 Å². The lowest BCUT2D eigenvalue weighted by molar-refractivity contribution is 0.472. The Morgan fingerprint density at radius 3 is 2.32 bits per heavy atom. The Morgan fingerprint density at radius 2 is 1.68 bits per heavy atom. The molecule has 0 saturated heterocycles. The fraction of sp³-hybridized carbons (Fsp3) is 0.227. The summed E-state index contributed by atoms with van der Waals surface area (Å²) in [4.78, 5) is 11.4. The number of hydrogen-bond donors (Lipinski definition) is 0. The van der Waals surface area contributed by atoms with Gasteiger partial charge in [-0.15, -0.1) is 0 Å². The highest BCUT2D eigenvalue weighted by molar-refractivity contribution is 5.92. The lowest BCUT2D eigenvalue weighted by Crippen LogP contribution is -2.14. The molecule has 0 amide bonds. The number of fused-ring (bicyclic) bond motifs is 1. The zero-order valence-corrected chi connectivity index (χ0v) is 16.8. The standard InChI is InChI=1S/C22H23N5O/c1-14-8-6-9-15(2)20(14)28-19-13-17-18(12-16(19)3)24-22(25-21(17)26(4)5)27-11-7-10-23-27/h6-13H,1-5H3. The molecular formula is C22H23N5O. The number of benzene rings is 2. The van der Waals surface area contributed by atoms with Crippen LogP contribution in [0.3, 0.4) is 0 Å². The molecule has 0 aliphatic carbocycles. The first-order chi connectivity index (χ1) is 13.4. The SMILES string of the molecule is Cc1cc2nc(-n3cccn3)nc(N(C)C)c2cc1Oc1c(C)cccc1C. The smallest absolute Gasteiger partial charge is 0.253 e. The Bertz CT molecular complexity index is 1130. The van der Waals surface area contributed by atoms with E-state index in [9.17, 15) is 0 Å². The predicted octanol–water partition coefficient (Wildman–Crippen LogP) is 4.60. The van der Waals surface area contributed by atoms with Crippen LogP contribution in [-0.4, -0.2) is 33.8 Å². The molecule has 0 aliphatic heterocycles. The number of ether oxygens (including phenoxy) is 1. The lowest BCUT2D eigenvalue weighted by Gasteiger charge is -2.18. The number of hydrogen-bond acceptors (Lipinski definition) is 5. The molecule has 0 atom stereocenters. The molecule has 0 radical (unpaired) electrons. The molecule has 142 valence electrons. The van der Waals surface area contributed by atoms with E-state index < -0.39 is 0 Å². The molecule has 4 aromatic rings. The van der Waals surface area contributed by atoms with E-state index >= 15 is 0 Å². The number of aromatic nitrogens is 4. The molecule has 28 heavy (non-hydrogen) atoms. The first kappa shape index (κ1) is 18.0. The normalized spacial score (nSPS) is 11.0. The second-order valence-corrected chi connectivity index (χ2v) is 7.15. The largest absolute Gasteiger partial charge is 0.457 e. The molecule has 0 spiro atoms. The Hall–Kier alpha value is -3.41. The van der Waals surface area contributed by atoms with Gasteiger partial charge in [0, 0.05) is 31.9 Å². The van der Waals surface area contributed by atoms with Crippen LogP contribution in [0.4, 0.5) is 5.82 Å². The number of aryl methyl sites for hydroxylation is 3. The van der Waals surface area contributed by atoms with Crippen molar-refractivity contribution in [2.75, 3.05) is 19.0 Å². The third-order valence-electron chi connectivity index (χ3n) is 4.71. The van der Waals surface area contributed by atoms with Gasteiger partial charge in [-0.2, -0.15) is 10.1 Å². The fourth-order valence-electron chi connectivity index (χ4n) is 3.24. The highest BCUT2D eigenvalue weighted by atomic mass is 16.5. The molecule has 2 heterocycles. The van der Waals surface area contributed by atoms with Gasteiger partial charge < -0.3 is 9.64 Å². The summed E-state index contributed by atoms with van der Waals surface area (Å²) in [6.07, 6.45) is 3.56. The van der Waals surface area contributed by atoms with Crippen molar-refractivity contribution in [3.63, 3.8) is 0 Å². The average Bonchev–Trinajstić information content (AvgIpc) is 3.19. The third-order valence-corrected chi connectivity index (χ3v) is 4.71. The van der Waals surface area contributed by atoms with Crippen molar-refractivity contribution in [3.8, 4) is 17.4 Å². The second-order valence-electron chi connectivity index (χ2n) is 7.15. The van der Waals surface area contributed by atoms with Gasteiger partial charge in [0.2, 0.25) is 0 Å². The van der Waals surface area contributed by atoms with Crippen molar-refractivity contribution < 1.29 is 4.74 Å². The van der Waals surface area contributed by atoms with Crippen LogP contribution >= 0.6 is 0 Å². The summed E-state index contributed by atoms with van der Waals surface area (Å²) >= 11 is 0. The molecule has 2 aromatic heterocycles. The minimum absolute atomic E-state index is 0.545. The molecule has 6 heteroatoms. The van der Waals surface area contributed by atoms with Crippen molar-refractivity contribution >= 4 is 16.7 Å². The van der Waals surface area contributed by atoms with Crippen LogP contribution in [0.15, 0.2) is 48.8 Å².